The lowest BCUT2D eigenvalue weighted by Crippen LogP contribution is -2.32. The van der Waals surface area contributed by atoms with Gasteiger partial charge in [-0.1, -0.05) is 46.3 Å². The molecule has 0 bridgehead atoms. The van der Waals surface area contributed by atoms with Crippen molar-refractivity contribution in [3.8, 4) is 5.75 Å². The smallest absolute Gasteiger partial charge is 0.293 e. The maximum atomic E-state index is 12.5. The third-order valence-electron chi connectivity index (χ3n) is 3.98. The molecule has 0 radical (unpaired) electrons. The number of rotatable bonds is 5. The molecule has 2 aromatic carbocycles. The van der Waals surface area contributed by atoms with Crippen LogP contribution >= 0.6 is 27.7 Å². The summed E-state index contributed by atoms with van der Waals surface area (Å²) in [6.45, 7) is 4.46. The van der Waals surface area contributed by atoms with E-state index in [4.69, 9.17) is 4.74 Å². The molecule has 1 aliphatic rings. The molecule has 0 N–H and O–H groups in total. The van der Waals surface area contributed by atoms with Crippen LogP contribution in [0.25, 0.3) is 6.08 Å². The first-order valence-electron chi connectivity index (χ1n) is 8.15. The van der Waals surface area contributed by atoms with Crippen molar-refractivity contribution in [1.29, 1.82) is 0 Å². The second-order valence-corrected chi connectivity index (χ2v) is 7.82. The first-order valence-corrected chi connectivity index (χ1v) is 9.76. The standard InChI is InChI=1S/C20H18BrNO3S/c1-13-7-8-14(2)17(11-13)25-10-9-22-19(23)18(26-20(22)24)12-15-5-3-4-6-16(15)21/h3-8,11-12H,9-10H2,1-2H3/b18-12-. The van der Waals surface area contributed by atoms with Gasteiger partial charge in [0.2, 0.25) is 0 Å². The third kappa shape index (κ3) is 4.19. The van der Waals surface area contributed by atoms with Crippen molar-refractivity contribution < 1.29 is 14.3 Å². The molecule has 1 saturated heterocycles. The van der Waals surface area contributed by atoms with Gasteiger partial charge in [0.15, 0.2) is 0 Å². The molecule has 1 aliphatic heterocycles. The highest BCUT2D eigenvalue weighted by molar-refractivity contribution is 9.10. The summed E-state index contributed by atoms with van der Waals surface area (Å²) in [5.74, 6) is 0.501. The third-order valence-corrected chi connectivity index (χ3v) is 5.61. The molecule has 2 amide bonds. The summed E-state index contributed by atoms with van der Waals surface area (Å²) in [6, 6.07) is 13.5. The monoisotopic (exact) mass is 431 g/mol. The summed E-state index contributed by atoms with van der Waals surface area (Å²) in [7, 11) is 0. The molecular weight excluding hydrogens is 414 g/mol. The number of aryl methyl sites for hydroxylation is 2. The number of carbonyl (C=O) groups is 2. The number of thioether (sulfide) groups is 1. The van der Waals surface area contributed by atoms with Crippen LogP contribution < -0.4 is 4.74 Å². The number of amides is 2. The summed E-state index contributed by atoms with van der Waals surface area (Å²) >= 11 is 4.41. The van der Waals surface area contributed by atoms with Crippen LogP contribution in [0.5, 0.6) is 5.75 Å². The van der Waals surface area contributed by atoms with E-state index in [9.17, 15) is 9.59 Å². The summed E-state index contributed by atoms with van der Waals surface area (Å²) in [5, 5.41) is -0.266. The molecule has 0 spiro atoms. The fourth-order valence-electron chi connectivity index (χ4n) is 2.54. The van der Waals surface area contributed by atoms with Crippen molar-refractivity contribution in [2.75, 3.05) is 13.2 Å². The number of nitrogens with zero attached hydrogens (tertiary/aromatic N) is 1. The maximum Gasteiger partial charge on any atom is 0.293 e. The van der Waals surface area contributed by atoms with Crippen LogP contribution in [0.2, 0.25) is 0 Å². The largest absolute Gasteiger partial charge is 0.491 e. The van der Waals surface area contributed by atoms with Crippen LogP contribution in [0.3, 0.4) is 0 Å². The molecule has 0 saturated carbocycles. The van der Waals surface area contributed by atoms with Crippen LogP contribution in [-0.2, 0) is 4.79 Å². The van der Waals surface area contributed by atoms with E-state index >= 15 is 0 Å². The number of ether oxygens (including phenoxy) is 1. The molecule has 4 nitrogen and oxygen atoms in total. The van der Waals surface area contributed by atoms with Gasteiger partial charge in [0.25, 0.3) is 11.1 Å². The Bertz CT molecular complexity index is 894. The average molecular weight is 432 g/mol. The van der Waals surface area contributed by atoms with Gasteiger partial charge in [0.05, 0.1) is 11.4 Å². The van der Waals surface area contributed by atoms with Gasteiger partial charge in [-0.15, -0.1) is 0 Å². The minimum absolute atomic E-state index is 0.228. The molecule has 26 heavy (non-hydrogen) atoms. The Kier molecular flexibility index (Phi) is 5.84. The summed E-state index contributed by atoms with van der Waals surface area (Å²) in [5.41, 5.74) is 3.00. The van der Waals surface area contributed by atoms with Crippen LogP contribution in [0, 0.1) is 13.8 Å². The van der Waals surface area contributed by atoms with E-state index in [1.54, 1.807) is 6.08 Å². The lowest BCUT2D eigenvalue weighted by Gasteiger charge is -2.14. The van der Waals surface area contributed by atoms with Crippen molar-refractivity contribution in [3.05, 3.63) is 68.5 Å². The lowest BCUT2D eigenvalue weighted by molar-refractivity contribution is -0.123. The highest BCUT2D eigenvalue weighted by atomic mass is 79.9. The molecule has 0 atom stereocenters. The van der Waals surface area contributed by atoms with E-state index in [1.165, 1.54) is 4.90 Å². The number of imide groups is 1. The minimum atomic E-state index is -0.277. The maximum absolute atomic E-state index is 12.5. The predicted octanol–water partition coefficient (Wildman–Crippen LogP) is 5.18. The fourth-order valence-corrected chi connectivity index (χ4v) is 3.79. The molecule has 6 heteroatoms. The van der Waals surface area contributed by atoms with Crippen LogP contribution in [-0.4, -0.2) is 29.2 Å². The van der Waals surface area contributed by atoms with E-state index in [1.807, 2.05) is 56.3 Å². The van der Waals surface area contributed by atoms with E-state index in [0.717, 1.165) is 38.7 Å². The molecule has 134 valence electrons. The highest BCUT2D eigenvalue weighted by Crippen LogP contribution is 2.33. The van der Waals surface area contributed by atoms with Gasteiger partial charge in [-0.05, 0) is 60.5 Å². The highest BCUT2D eigenvalue weighted by Gasteiger charge is 2.34. The van der Waals surface area contributed by atoms with Crippen molar-refractivity contribution in [2.45, 2.75) is 13.8 Å². The quantitative estimate of drug-likeness (QED) is 0.611. The summed E-state index contributed by atoms with van der Waals surface area (Å²) < 4.78 is 6.65. The van der Waals surface area contributed by atoms with Gasteiger partial charge < -0.3 is 4.74 Å². The number of carbonyl (C=O) groups excluding carboxylic acids is 2. The Morgan fingerprint density at radius 1 is 1.15 bits per heavy atom. The molecule has 0 aromatic heterocycles. The van der Waals surface area contributed by atoms with E-state index in [2.05, 4.69) is 15.9 Å². The Hall–Kier alpha value is -2.05. The molecule has 0 unspecified atom stereocenters. The number of hydrogen-bond donors (Lipinski definition) is 0. The zero-order valence-corrected chi connectivity index (χ0v) is 16.9. The van der Waals surface area contributed by atoms with Gasteiger partial charge >= 0.3 is 0 Å². The Labute approximate surface area is 165 Å². The van der Waals surface area contributed by atoms with Gasteiger partial charge in [-0.25, -0.2) is 0 Å². The van der Waals surface area contributed by atoms with Crippen LogP contribution in [0.15, 0.2) is 51.8 Å². The van der Waals surface area contributed by atoms with Crippen LogP contribution in [0.1, 0.15) is 16.7 Å². The van der Waals surface area contributed by atoms with E-state index < -0.39 is 0 Å². The average Bonchev–Trinajstić information content (AvgIpc) is 2.87. The number of benzene rings is 2. The zero-order valence-electron chi connectivity index (χ0n) is 14.5. The first-order chi connectivity index (χ1) is 12.5. The number of hydrogen-bond acceptors (Lipinski definition) is 4. The fraction of sp³-hybridized carbons (Fsp3) is 0.200. The summed E-state index contributed by atoms with van der Waals surface area (Å²) in [6.07, 6.45) is 1.74. The van der Waals surface area contributed by atoms with Gasteiger partial charge in [-0.3, -0.25) is 14.5 Å². The van der Waals surface area contributed by atoms with Gasteiger partial charge in [0, 0.05) is 4.47 Å². The normalized spacial score (nSPS) is 15.8. The molecular formula is C20H18BrNO3S. The summed E-state index contributed by atoms with van der Waals surface area (Å²) in [4.78, 5) is 26.4. The first kappa shape index (κ1) is 18.7. The lowest BCUT2D eigenvalue weighted by atomic mass is 10.1. The SMILES string of the molecule is Cc1ccc(C)c(OCCN2C(=O)S/C(=C\c3ccccc3Br)C2=O)c1. The van der Waals surface area contributed by atoms with Gasteiger partial charge in [0.1, 0.15) is 12.4 Å². The van der Waals surface area contributed by atoms with Crippen molar-refractivity contribution in [2.24, 2.45) is 0 Å². The second-order valence-electron chi connectivity index (χ2n) is 5.97. The second kappa shape index (κ2) is 8.10. The minimum Gasteiger partial charge on any atom is -0.491 e. The molecule has 2 aromatic rings. The Morgan fingerprint density at radius 3 is 2.69 bits per heavy atom. The van der Waals surface area contributed by atoms with Crippen molar-refractivity contribution >= 4 is 44.9 Å². The predicted molar refractivity (Wildman–Crippen MR) is 108 cm³/mol. The van der Waals surface area contributed by atoms with E-state index in [-0.39, 0.29) is 24.3 Å². The van der Waals surface area contributed by atoms with Crippen LogP contribution in [0.4, 0.5) is 4.79 Å². The zero-order chi connectivity index (χ0) is 18.7. The van der Waals surface area contributed by atoms with Crippen molar-refractivity contribution in [1.82, 2.24) is 4.90 Å². The molecule has 1 fully saturated rings. The topological polar surface area (TPSA) is 46.6 Å². The molecule has 3 rings (SSSR count). The number of halogens is 1. The van der Waals surface area contributed by atoms with Crippen molar-refractivity contribution in [3.63, 3.8) is 0 Å². The molecule has 1 heterocycles. The van der Waals surface area contributed by atoms with E-state index in [0.29, 0.717) is 4.91 Å². The Morgan fingerprint density at radius 2 is 1.92 bits per heavy atom. The Balaban J connectivity index is 1.66. The van der Waals surface area contributed by atoms with Gasteiger partial charge in [-0.2, -0.15) is 0 Å². The molecule has 0 aliphatic carbocycles.